The van der Waals surface area contributed by atoms with Crippen molar-refractivity contribution in [3.63, 3.8) is 0 Å². The normalized spacial score (nSPS) is 16.6. The SMILES string of the molecule is CCO[Si](C)(C)O[Si](C)(C)O[SiH2]O[Si](CCCN)(OCO[Si](C)(C)O[SiH2]O)O[SiH2]O[Si](C)(C)C. The van der Waals surface area contributed by atoms with Crippen LogP contribution in [-0.4, -0.2) is 97.6 Å². The van der Waals surface area contributed by atoms with Crippen LogP contribution in [0.5, 0.6) is 0 Å². The average molecular weight is 628 g/mol. The third-order valence-electron chi connectivity index (χ3n) is 4.22. The van der Waals surface area contributed by atoms with E-state index < -0.39 is 72.8 Å². The monoisotopic (exact) mass is 627 g/mol. The molecule has 0 radical (unpaired) electrons. The fourth-order valence-corrected chi connectivity index (χ4v) is 20.6. The van der Waals surface area contributed by atoms with Gasteiger partial charge in [-0.2, -0.15) is 0 Å². The molecule has 11 nitrogen and oxygen atoms in total. The lowest BCUT2D eigenvalue weighted by molar-refractivity contribution is 0.0385. The number of hydrogen-bond donors (Lipinski definition) is 2. The van der Waals surface area contributed by atoms with Gasteiger partial charge in [0, 0.05) is 12.7 Å². The van der Waals surface area contributed by atoms with E-state index in [-0.39, 0.29) is 6.79 Å². The van der Waals surface area contributed by atoms with Crippen molar-refractivity contribution >= 4 is 72.8 Å². The van der Waals surface area contributed by atoms with Gasteiger partial charge in [0.2, 0.25) is 0 Å². The highest BCUT2D eigenvalue weighted by Gasteiger charge is 2.43. The number of hydrogen-bond acceptors (Lipinski definition) is 11. The molecule has 1 unspecified atom stereocenters. The maximum Gasteiger partial charge on any atom is 0.484 e. The maximum atomic E-state index is 9.22. The highest BCUT2D eigenvalue weighted by Crippen LogP contribution is 2.21. The molecule has 1 atom stereocenters. The molecule has 0 spiro atoms. The van der Waals surface area contributed by atoms with Crippen molar-refractivity contribution < 1.29 is 42.8 Å². The third kappa shape index (κ3) is 17.7. The second kappa shape index (κ2) is 16.3. The minimum atomic E-state index is -3.16. The summed E-state index contributed by atoms with van der Waals surface area (Å²) in [5.74, 6) is 0. The summed E-state index contributed by atoms with van der Waals surface area (Å²) in [5.41, 5.74) is 5.80. The van der Waals surface area contributed by atoms with Crippen molar-refractivity contribution in [2.75, 3.05) is 19.9 Å². The molecule has 19 heteroatoms. The quantitative estimate of drug-likeness (QED) is 0.135. The Labute approximate surface area is 219 Å². The Morgan fingerprint density at radius 2 is 1.29 bits per heavy atom. The maximum absolute atomic E-state index is 9.22. The third-order valence-corrected chi connectivity index (χ3v) is 26.4. The van der Waals surface area contributed by atoms with Gasteiger partial charge in [-0.25, -0.2) is 0 Å². The van der Waals surface area contributed by atoms with Gasteiger partial charge in [0.25, 0.3) is 30.0 Å². The van der Waals surface area contributed by atoms with Crippen molar-refractivity contribution in [1.82, 2.24) is 0 Å². The van der Waals surface area contributed by atoms with Crippen LogP contribution in [0.4, 0.5) is 0 Å². The van der Waals surface area contributed by atoms with E-state index in [1.807, 2.05) is 46.2 Å². The van der Waals surface area contributed by atoms with Crippen LogP contribution >= 0.6 is 0 Å². The first-order valence-electron chi connectivity index (χ1n) is 11.6. The van der Waals surface area contributed by atoms with E-state index in [0.29, 0.717) is 25.6 Å². The molecule has 0 aromatic rings. The Morgan fingerprint density at radius 3 is 1.79 bits per heavy atom. The van der Waals surface area contributed by atoms with Gasteiger partial charge in [0.1, 0.15) is 6.79 Å². The van der Waals surface area contributed by atoms with Gasteiger partial charge in [0.15, 0.2) is 8.32 Å². The van der Waals surface area contributed by atoms with E-state index in [9.17, 15) is 4.80 Å². The fraction of sp³-hybridized carbons (Fsp3) is 1.00. The van der Waals surface area contributed by atoms with Crippen LogP contribution in [0, 0.1) is 0 Å². The Morgan fingerprint density at radius 1 is 0.706 bits per heavy atom. The summed E-state index contributed by atoms with van der Waals surface area (Å²) in [6.45, 7) is 21.1. The van der Waals surface area contributed by atoms with Crippen molar-refractivity contribution in [1.29, 1.82) is 0 Å². The predicted molar refractivity (Wildman–Crippen MR) is 153 cm³/mol. The van der Waals surface area contributed by atoms with Crippen LogP contribution in [0.1, 0.15) is 13.3 Å². The van der Waals surface area contributed by atoms with Gasteiger partial charge in [0.05, 0.1) is 0 Å². The molecule has 0 saturated heterocycles. The predicted octanol–water partition coefficient (Wildman–Crippen LogP) is 0.330. The standard InChI is InChI=1S/C15H49NO10Si8/c1-11-18-32(7,8)26-33(9,10)23-29-25-34(14-12-13-16,24-28-22-30(2,3)4)20-15-19-31(5,6)21-27-17/h17H,11-16,27-29H2,1-10H3. The van der Waals surface area contributed by atoms with E-state index in [0.717, 1.165) is 0 Å². The Bertz CT molecular complexity index is 558. The van der Waals surface area contributed by atoms with Crippen molar-refractivity contribution in [2.24, 2.45) is 5.73 Å². The summed E-state index contributed by atoms with van der Waals surface area (Å²) in [7, 11) is -16.5. The summed E-state index contributed by atoms with van der Waals surface area (Å²) >= 11 is 0. The average Bonchev–Trinajstić information content (AvgIpc) is 2.63. The molecule has 0 aromatic carbocycles. The van der Waals surface area contributed by atoms with Gasteiger partial charge in [-0.05, 0) is 78.8 Å². The number of nitrogens with two attached hydrogens (primary N) is 1. The highest BCUT2D eigenvalue weighted by molar-refractivity contribution is 6.81. The summed E-state index contributed by atoms with van der Waals surface area (Å²) < 4.78 is 54.4. The lowest BCUT2D eigenvalue weighted by atomic mass is 10.5. The van der Waals surface area contributed by atoms with Gasteiger partial charge >= 0.3 is 34.5 Å². The van der Waals surface area contributed by atoms with Crippen LogP contribution in [0.15, 0.2) is 0 Å². The van der Waals surface area contributed by atoms with Crippen molar-refractivity contribution in [2.45, 2.75) is 78.3 Å². The van der Waals surface area contributed by atoms with E-state index in [2.05, 4.69) is 19.6 Å². The van der Waals surface area contributed by atoms with E-state index >= 15 is 0 Å². The van der Waals surface area contributed by atoms with Gasteiger partial charge in [-0.3, -0.25) is 0 Å². The van der Waals surface area contributed by atoms with Gasteiger partial charge in [-0.15, -0.1) is 0 Å². The number of rotatable bonds is 21. The second-order valence-corrected chi connectivity index (χ2v) is 32.6. The zero-order valence-electron chi connectivity index (χ0n) is 22.9. The first kappa shape index (κ1) is 35.3. The Hall–Kier alpha value is 1.30. The first-order chi connectivity index (χ1) is 15.5. The molecule has 3 N–H and O–H groups in total. The summed E-state index contributed by atoms with van der Waals surface area (Å²) in [4.78, 5) is 9.22. The van der Waals surface area contributed by atoms with Crippen LogP contribution < -0.4 is 5.73 Å². The largest absolute Gasteiger partial charge is 0.484 e. The minimum absolute atomic E-state index is 0.0399. The summed E-state index contributed by atoms with van der Waals surface area (Å²) in [6.07, 6.45) is 0.685. The first-order valence-corrected chi connectivity index (χ1v) is 28.9. The minimum Gasteiger partial charge on any atom is -0.441 e. The molecule has 206 valence electrons. The molecular formula is C15H49NO10Si8. The van der Waals surface area contributed by atoms with Gasteiger partial charge < -0.3 is 48.5 Å². The van der Waals surface area contributed by atoms with Crippen LogP contribution in [-0.2, 0) is 38.0 Å². The van der Waals surface area contributed by atoms with Gasteiger partial charge in [-0.1, -0.05) is 0 Å². The molecule has 0 aromatic heterocycles. The molecule has 0 bridgehead atoms. The molecular weight excluding hydrogens is 579 g/mol. The van der Waals surface area contributed by atoms with Crippen LogP contribution in [0.3, 0.4) is 0 Å². The molecule has 0 fully saturated rings. The molecule has 0 aliphatic carbocycles. The smallest absolute Gasteiger partial charge is 0.441 e. The van der Waals surface area contributed by atoms with Crippen molar-refractivity contribution in [3.05, 3.63) is 0 Å². The molecule has 0 saturated carbocycles. The Balaban J connectivity index is 5.34. The summed E-state index contributed by atoms with van der Waals surface area (Å²) in [5, 5.41) is 0. The van der Waals surface area contributed by atoms with Crippen LogP contribution in [0.25, 0.3) is 0 Å². The zero-order valence-corrected chi connectivity index (χ0v) is 32.1. The topological polar surface area (TPSA) is 129 Å². The van der Waals surface area contributed by atoms with E-state index in [1.54, 1.807) is 0 Å². The highest BCUT2D eigenvalue weighted by atomic mass is 28.5. The molecule has 0 aliphatic heterocycles. The zero-order chi connectivity index (χ0) is 26.5. The molecule has 0 amide bonds. The van der Waals surface area contributed by atoms with E-state index in [1.165, 1.54) is 0 Å². The Kier molecular flexibility index (Phi) is 16.9. The second-order valence-electron chi connectivity index (χ2n) is 9.92. The molecule has 34 heavy (non-hydrogen) atoms. The van der Waals surface area contributed by atoms with Crippen LogP contribution in [0.2, 0.25) is 65.0 Å². The van der Waals surface area contributed by atoms with E-state index in [4.69, 9.17) is 43.7 Å². The summed E-state index contributed by atoms with van der Waals surface area (Å²) in [6, 6.07) is 0.547. The lowest BCUT2D eigenvalue weighted by Gasteiger charge is -2.35. The fourth-order valence-electron chi connectivity index (χ4n) is 2.67. The molecule has 0 heterocycles. The molecule has 0 aliphatic rings. The molecule has 0 rings (SSSR count). The lowest BCUT2D eigenvalue weighted by Crippen LogP contribution is -2.53. The van der Waals surface area contributed by atoms with Crippen molar-refractivity contribution in [3.8, 4) is 0 Å².